The number of phenolic OH excluding ortho intramolecular Hbond substituents is 2. The van der Waals surface area contributed by atoms with Crippen LogP contribution in [0.15, 0.2) is 18.2 Å². The van der Waals surface area contributed by atoms with E-state index < -0.39 is 108 Å². The highest BCUT2D eigenvalue weighted by Crippen LogP contribution is 2.52. The van der Waals surface area contributed by atoms with E-state index in [-0.39, 0.29) is 32.4 Å². The molecule has 16 heteroatoms. The van der Waals surface area contributed by atoms with Crippen molar-refractivity contribution in [2.24, 2.45) is 0 Å². The lowest BCUT2D eigenvalue weighted by Gasteiger charge is -2.43. The number of aromatic hydroxyl groups is 2. The maximum Gasteiger partial charge on any atom is 0.471 e. The first-order valence-corrected chi connectivity index (χ1v) is 15.1. The number of carbonyl (C=O) groups excluding carboxylic acids is 4. The smallest absolute Gasteiger partial charge is 0.471 e. The molecule has 5 N–H and O–H groups in total. The van der Waals surface area contributed by atoms with Crippen LogP contribution in [0.1, 0.15) is 68.8 Å². The van der Waals surface area contributed by atoms with E-state index in [9.17, 15) is 52.8 Å². The Bertz CT molecular complexity index is 1610. The zero-order valence-corrected chi connectivity index (χ0v) is 25.8. The Hall–Kier alpha value is -3.32. The third kappa shape index (κ3) is 5.55. The number of alkyl halides is 4. The predicted octanol–water partition coefficient (Wildman–Crippen LogP) is 2.16. The number of ether oxygens (including phenoxy) is 3. The molecular weight excluding hydrogens is 722 g/mol. The molecule has 6 atom stereocenters. The largest absolute Gasteiger partial charge is 0.507 e. The average molecular weight is 749 g/mol. The number of amides is 1. The summed E-state index contributed by atoms with van der Waals surface area (Å²) in [7, 11) is 1.27. The summed E-state index contributed by atoms with van der Waals surface area (Å²) in [6.45, 7) is 1.31. The zero-order chi connectivity index (χ0) is 33.2. The Morgan fingerprint density at radius 2 is 1.80 bits per heavy atom. The van der Waals surface area contributed by atoms with Crippen molar-refractivity contribution in [3.05, 3.63) is 51.6 Å². The van der Waals surface area contributed by atoms with Gasteiger partial charge in [0.1, 0.15) is 29.0 Å². The van der Waals surface area contributed by atoms with Crippen LogP contribution in [-0.2, 0) is 25.5 Å². The normalized spacial score (nSPS) is 27.7. The van der Waals surface area contributed by atoms with Gasteiger partial charge in [-0.1, -0.05) is 34.7 Å². The van der Waals surface area contributed by atoms with Crippen molar-refractivity contribution in [2.75, 3.05) is 11.5 Å². The molecule has 2 aromatic carbocycles. The second-order valence-electron chi connectivity index (χ2n) is 11.0. The molecular formula is C29H27F3INO11. The number of ketones is 3. The molecule has 1 fully saturated rings. The summed E-state index contributed by atoms with van der Waals surface area (Å²) in [5.74, 6) is -6.23. The number of Topliss-reactive ketones (excluding diaryl/α,β-unsaturated/α-hetero) is 1. The highest BCUT2D eigenvalue weighted by Gasteiger charge is 2.51. The Kier molecular flexibility index (Phi) is 8.67. The van der Waals surface area contributed by atoms with Crippen molar-refractivity contribution in [2.45, 2.75) is 68.6 Å². The number of rotatable bonds is 6. The van der Waals surface area contributed by atoms with E-state index in [1.807, 2.05) is 0 Å². The van der Waals surface area contributed by atoms with Crippen LogP contribution in [-0.4, -0.2) is 91.5 Å². The van der Waals surface area contributed by atoms with Crippen LogP contribution in [0.2, 0.25) is 0 Å². The predicted molar refractivity (Wildman–Crippen MR) is 154 cm³/mol. The molecule has 5 rings (SSSR count). The standard InChI is InChI=1S/C29H27F3INO11/c1-10-22(36)13(34-27(41)29(30,31)32)6-17(44-10)45-15-8-28(42,16(35)9-33)7-12-19(15)26(40)21-20(24(12)38)23(37)11-4-3-5-14(43-2)18(11)25(21)39/h3-5,10,13,15,17,22,36,38,40,42H,6-9H2,1-2H3,(H,34,41)/t10?,13?,15-,17?,22?,28-/m0/s1. The number of hydrogen-bond acceptors (Lipinski definition) is 11. The second-order valence-corrected chi connectivity index (χ2v) is 11.8. The Balaban J connectivity index is 1.61. The molecule has 0 bridgehead atoms. The van der Waals surface area contributed by atoms with Crippen LogP contribution >= 0.6 is 22.6 Å². The summed E-state index contributed by atoms with van der Waals surface area (Å²) < 4.78 is 55.5. The number of methoxy groups -OCH3 is 1. The molecule has 1 heterocycles. The number of aliphatic hydroxyl groups is 2. The number of hydrogen-bond donors (Lipinski definition) is 5. The molecule has 0 radical (unpaired) electrons. The fraction of sp³-hybridized carbons (Fsp3) is 0.448. The minimum Gasteiger partial charge on any atom is -0.507 e. The summed E-state index contributed by atoms with van der Waals surface area (Å²) in [5.41, 5.74) is -4.13. The van der Waals surface area contributed by atoms with Crippen molar-refractivity contribution in [1.29, 1.82) is 0 Å². The van der Waals surface area contributed by atoms with E-state index in [2.05, 4.69) is 0 Å². The first kappa shape index (κ1) is 33.1. The lowest BCUT2D eigenvalue weighted by molar-refractivity contribution is -0.250. The molecule has 1 aliphatic heterocycles. The van der Waals surface area contributed by atoms with Gasteiger partial charge in [0.2, 0.25) is 5.78 Å². The number of phenols is 2. The van der Waals surface area contributed by atoms with Crippen molar-refractivity contribution < 1.29 is 67.0 Å². The fourth-order valence-electron chi connectivity index (χ4n) is 6.09. The van der Waals surface area contributed by atoms with Crippen LogP contribution in [0.25, 0.3) is 0 Å². The van der Waals surface area contributed by atoms with Crippen LogP contribution in [0.3, 0.4) is 0 Å². The third-order valence-electron chi connectivity index (χ3n) is 8.31. The van der Waals surface area contributed by atoms with Gasteiger partial charge in [0, 0.05) is 36.0 Å². The Labute approximate surface area is 266 Å². The molecule has 4 unspecified atom stereocenters. The van der Waals surface area contributed by atoms with Crippen LogP contribution in [0.4, 0.5) is 13.2 Å². The molecule has 12 nitrogen and oxygen atoms in total. The van der Waals surface area contributed by atoms with Gasteiger partial charge in [0.15, 0.2) is 17.9 Å². The monoisotopic (exact) mass is 749 g/mol. The van der Waals surface area contributed by atoms with Crippen molar-refractivity contribution in [3.8, 4) is 17.2 Å². The van der Waals surface area contributed by atoms with Gasteiger partial charge in [0.05, 0.1) is 46.5 Å². The Morgan fingerprint density at radius 3 is 2.42 bits per heavy atom. The molecule has 3 aliphatic rings. The van der Waals surface area contributed by atoms with Gasteiger partial charge in [-0.05, 0) is 13.0 Å². The number of aliphatic hydroxyl groups excluding tert-OH is 1. The number of halogens is 4. The van der Waals surface area contributed by atoms with Crippen molar-refractivity contribution in [1.82, 2.24) is 5.32 Å². The summed E-state index contributed by atoms with van der Waals surface area (Å²) >= 11 is 1.72. The minimum absolute atomic E-state index is 0.0259. The quantitative estimate of drug-likeness (QED) is 0.141. The number of benzene rings is 2. The van der Waals surface area contributed by atoms with Gasteiger partial charge < -0.3 is 40.0 Å². The van der Waals surface area contributed by atoms with Crippen LogP contribution in [0.5, 0.6) is 17.2 Å². The minimum atomic E-state index is -5.25. The fourth-order valence-corrected chi connectivity index (χ4v) is 6.80. The lowest BCUT2D eigenvalue weighted by atomic mass is 9.72. The highest BCUT2D eigenvalue weighted by molar-refractivity contribution is 14.1. The first-order valence-electron chi connectivity index (χ1n) is 13.6. The molecule has 45 heavy (non-hydrogen) atoms. The van der Waals surface area contributed by atoms with E-state index in [0.29, 0.717) is 0 Å². The van der Waals surface area contributed by atoms with E-state index in [1.165, 1.54) is 32.2 Å². The topological polar surface area (TPSA) is 189 Å². The summed E-state index contributed by atoms with van der Waals surface area (Å²) in [6.07, 6.45) is -12.7. The van der Waals surface area contributed by atoms with Gasteiger partial charge in [-0.2, -0.15) is 13.2 Å². The summed E-state index contributed by atoms with van der Waals surface area (Å²) in [4.78, 5) is 51.9. The second kappa shape index (κ2) is 11.8. The molecule has 0 aromatic heterocycles. The maximum absolute atomic E-state index is 13.7. The third-order valence-corrected chi connectivity index (χ3v) is 9.01. The van der Waals surface area contributed by atoms with Crippen LogP contribution < -0.4 is 10.1 Å². The molecule has 0 saturated carbocycles. The molecule has 0 spiro atoms. The van der Waals surface area contributed by atoms with Gasteiger partial charge in [-0.25, -0.2) is 0 Å². The van der Waals surface area contributed by atoms with Gasteiger partial charge >= 0.3 is 12.1 Å². The van der Waals surface area contributed by atoms with E-state index in [4.69, 9.17) is 14.2 Å². The van der Waals surface area contributed by atoms with Gasteiger partial charge in [-0.15, -0.1) is 0 Å². The zero-order valence-electron chi connectivity index (χ0n) is 23.6. The lowest BCUT2D eigenvalue weighted by Crippen LogP contribution is -2.57. The van der Waals surface area contributed by atoms with Gasteiger partial charge in [0.25, 0.3) is 0 Å². The van der Waals surface area contributed by atoms with E-state index >= 15 is 0 Å². The molecule has 1 amide bonds. The van der Waals surface area contributed by atoms with E-state index in [0.717, 1.165) is 0 Å². The summed E-state index contributed by atoms with van der Waals surface area (Å²) in [5, 5.41) is 46.6. The number of fused-ring (bicyclic) bond motifs is 3. The number of nitrogens with one attached hydrogen (secondary N) is 1. The molecule has 1 saturated heterocycles. The van der Waals surface area contributed by atoms with Crippen molar-refractivity contribution >= 4 is 45.8 Å². The van der Waals surface area contributed by atoms with Gasteiger partial charge in [-0.3, -0.25) is 19.2 Å². The first-order chi connectivity index (χ1) is 21.0. The SMILES string of the molecule is COc1cccc2c1C(=O)c1c(O)c3c(c(O)c1C2=O)C[C@@](O)(C(=O)CI)C[C@@H]3OC1CC(NC(=O)C(F)(F)F)C(O)C(C)O1. The van der Waals surface area contributed by atoms with Crippen molar-refractivity contribution in [3.63, 3.8) is 0 Å². The highest BCUT2D eigenvalue weighted by atomic mass is 127. The molecule has 2 aromatic rings. The Morgan fingerprint density at radius 1 is 1.13 bits per heavy atom. The molecule has 2 aliphatic carbocycles. The number of carbonyl (C=O) groups is 4. The van der Waals surface area contributed by atoms with E-state index in [1.54, 1.807) is 27.9 Å². The maximum atomic E-state index is 13.7. The van der Waals surface area contributed by atoms with Crippen LogP contribution in [0, 0.1) is 0 Å². The average Bonchev–Trinajstić information content (AvgIpc) is 2.98. The molecule has 242 valence electrons. The summed E-state index contributed by atoms with van der Waals surface area (Å²) in [6, 6.07) is 2.72.